The van der Waals surface area contributed by atoms with Crippen molar-refractivity contribution in [3.63, 3.8) is 0 Å². The number of aromatic nitrogens is 1. The summed E-state index contributed by atoms with van der Waals surface area (Å²) in [6.07, 6.45) is 2.71. The number of nitrogens with one attached hydrogen (secondary N) is 1. The summed E-state index contributed by atoms with van der Waals surface area (Å²) in [5.41, 5.74) is 1.55. The molecule has 0 aliphatic carbocycles. The fraction of sp³-hybridized carbons (Fsp3) is 0.250. The Morgan fingerprint density at radius 3 is 2.86 bits per heavy atom. The van der Waals surface area contributed by atoms with E-state index >= 15 is 0 Å². The molecule has 0 aliphatic heterocycles. The summed E-state index contributed by atoms with van der Waals surface area (Å²) in [7, 11) is 0. The molecule has 0 atom stereocenters. The molecule has 2 rings (SSSR count). The van der Waals surface area contributed by atoms with Crippen molar-refractivity contribution in [2.24, 2.45) is 0 Å². The van der Waals surface area contributed by atoms with Gasteiger partial charge in [-0.25, -0.2) is 0 Å². The largest absolute Gasteiger partial charge is 0.492 e. The van der Waals surface area contributed by atoms with E-state index in [2.05, 4.69) is 10.3 Å². The standard InChI is InChI=1S/C16H17ClN2O2/c1-12-14(7-4-10-18-12)19-16(20)9-5-11-21-15-8-3-2-6-13(15)17/h2-4,6-8,10H,5,9,11H2,1H3,(H,19,20). The number of hydrogen-bond acceptors (Lipinski definition) is 3. The molecule has 1 N–H and O–H groups in total. The van der Waals surface area contributed by atoms with Crippen molar-refractivity contribution in [3.8, 4) is 5.75 Å². The van der Waals surface area contributed by atoms with Crippen LogP contribution in [0, 0.1) is 6.92 Å². The zero-order valence-corrected chi connectivity index (χ0v) is 12.6. The van der Waals surface area contributed by atoms with E-state index in [-0.39, 0.29) is 5.91 Å². The molecule has 0 aliphatic rings. The van der Waals surface area contributed by atoms with Crippen LogP contribution in [-0.2, 0) is 4.79 Å². The average molecular weight is 305 g/mol. The molecule has 0 unspecified atom stereocenters. The smallest absolute Gasteiger partial charge is 0.224 e. The van der Waals surface area contributed by atoms with Gasteiger partial charge in [0.15, 0.2) is 0 Å². The van der Waals surface area contributed by atoms with Gasteiger partial charge in [-0.1, -0.05) is 23.7 Å². The summed E-state index contributed by atoms with van der Waals surface area (Å²) in [5, 5.41) is 3.41. The number of carbonyl (C=O) groups is 1. The summed E-state index contributed by atoms with van der Waals surface area (Å²) in [5.74, 6) is 0.594. The number of rotatable bonds is 6. The summed E-state index contributed by atoms with van der Waals surface area (Å²) in [6.45, 7) is 2.30. The molecule has 0 spiro atoms. The summed E-state index contributed by atoms with van der Waals surface area (Å²) in [4.78, 5) is 15.9. The molecule has 21 heavy (non-hydrogen) atoms. The van der Waals surface area contributed by atoms with Gasteiger partial charge in [-0.05, 0) is 37.6 Å². The first-order valence-electron chi connectivity index (χ1n) is 6.75. The van der Waals surface area contributed by atoms with Gasteiger partial charge in [0.2, 0.25) is 5.91 Å². The van der Waals surface area contributed by atoms with E-state index in [0.717, 1.165) is 11.4 Å². The second kappa shape index (κ2) is 7.64. The topological polar surface area (TPSA) is 51.2 Å². The van der Waals surface area contributed by atoms with Crippen LogP contribution in [0.25, 0.3) is 0 Å². The number of nitrogens with zero attached hydrogens (tertiary/aromatic N) is 1. The van der Waals surface area contributed by atoms with Crippen LogP contribution in [0.3, 0.4) is 0 Å². The third-order valence-electron chi connectivity index (χ3n) is 2.92. The van der Waals surface area contributed by atoms with Gasteiger partial charge in [0.25, 0.3) is 0 Å². The summed E-state index contributed by atoms with van der Waals surface area (Å²) in [6, 6.07) is 10.9. The van der Waals surface area contributed by atoms with Gasteiger partial charge in [0.1, 0.15) is 5.75 Å². The molecule has 110 valence electrons. The minimum atomic E-state index is -0.0474. The SMILES string of the molecule is Cc1ncccc1NC(=O)CCCOc1ccccc1Cl. The molecular weight excluding hydrogens is 288 g/mol. The average Bonchev–Trinajstić information content (AvgIpc) is 2.48. The van der Waals surface area contributed by atoms with Crippen molar-refractivity contribution in [2.45, 2.75) is 19.8 Å². The maximum atomic E-state index is 11.8. The number of carbonyl (C=O) groups excluding carboxylic acids is 1. The maximum absolute atomic E-state index is 11.8. The Hall–Kier alpha value is -2.07. The van der Waals surface area contributed by atoms with Crippen molar-refractivity contribution in [3.05, 3.63) is 53.3 Å². The van der Waals surface area contributed by atoms with Crippen molar-refractivity contribution in [1.82, 2.24) is 4.98 Å². The first-order chi connectivity index (χ1) is 10.2. The quantitative estimate of drug-likeness (QED) is 0.825. The molecule has 0 saturated heterocycles. The van der Waals surface area contributed by atoms with Gasteiger partial charge in [-0.15, -0.1) is 0 Å². The van der Waals surface area contributed by atoms with Gasteiger partial charge in [0, 0.05) is 12.6 Å². The predicted molar refractivity (Wildman–Crippen MR) is 83.8 cm³/mol. The van der Waals surface area contributed by atoms with Crippen LogP contribution in [0.5, 0.6) is 5.75 Å². The van der Waals surface area contributed by atoms with Gasteiger partial charge in [-0.2, -0.15) is 0 Å². The van der Waals surface area contributed by atoms with Gasteiger partial charge < -0.3 is 10.1 Å². The number of para-hydroxylation sites is 1. The minimum Gasteiger partial charge on any atom is -0.492 e. The molecule has 1 aromatic carbocycles. The molecule has 0 saturated carbocycles. The Balaban J connectivity index is 1.73. The molecule has 2 aromatic rings. The van der Waals surface area contributed by atoms with Gasteiger partial charge >= 0.3 is 0 Å². The van der Waals surface area contributed by atoms with Crippen LogP contribution in [0.1, 0.15) is 18.5 Å². The van der Waals surface area contributed by atoms with Gasteiger partial charge in [0.05, 0.1) is 23.0 Å². The van der Waals surface area contributed by atoms with E-state index in [4.69, 9.17) is 16.3 Å². The molecule has 0 fully saturated rings. The van der Waals surface area contributed by atoms with E-state index in [1.54, 1.807) is 24.4 Å². The highest BCUT2D eigenvalue weighted by Crippen LogP contribution is 2.23. The van der Waals surface area contributed by atoms with E-state index in [1.807, 2.05) is 25.1 Å². The molecule has 4 nitrogen and oxygen atoms in total. The molecule has 0 radical (unpaired) electrons. The molecule has 1 amide bonds. The lowest BCUT2D eigenvalue weighted by molar-refractivity contribution is -0.116. The van der Waals surface area contributed by atoms with Crippen LogP contribution < -0.4 is 10.1 Å². The van der Waals surface area contributed by atoms with Crippen LogP contribution in [0.15, 0.2) is 42.6 Å². The van der Waals surface area contributed by atoms with Crippen LogP contribution in [0.4, 0.5) is 5.69 Å². The number of halogens is 1. The van der Waals surface area contributed by atoms with E-state index in [1.165, 1.54) is 0 Å². The summed E-state index contributed by atoms with van der Waals surface area (Å²) >= 11 is 5.98. The Morgan fingerprint density at radius 2 is 2.10 bits per heavy atom. The zero-order chi connectivity index (χ0) is 15.1. The maximum Gasteiger partial charge on any atom is 0.224 e. The predicted octanol–water partition coefficient (Wildman–Crippen LogP) is 3.84. The number of pyridine rings is 1. The summed E-state index contributed by atoms with van der Waals surface area (Å²) < 4.78 is 5.54. The zero-order valence-electron chi connectivity index (χ0n) is 11.8. The lowest BCUT2D eigenvalue weighted by atomic mass is 10.2. The van der Waals surface area contributed by atoms with Crippen LogP contribution in [-0.4, -0.2) is 17.5 Å². The number of anilines is 1. The fourth-order valence-electron chi connectivity index (χ4n) is 1.81. The Morgan fingerprint density at radius 1 is 1.29 bits per heavy atom. The van der Waals surface area contributed by atoms with Crippen LogP contribution >= 0.6 is 11.6 Å². The first kappa shape index (κ1) is 15.3. The normalized spacial score (nSPS) is 10.2. The highest BCUT2D eigenvalue weighted by Gasteiger charge is 2.05. The number of amides is 1. The highest BCUT2D eigenvalue weighted by atomic mass is 35.5. The minimum absolute atomic E-state index is 0.0474. The third kappa shape index (κ3) is 4.76. The van der Waals surface area contributed by atoms with Crippen molar-refractivity contribution >= 4 is 23.2 Å². The van der Waals surface area contributed by atoms with Crippen molar-refractivity contribution < 1.29 is 9.53 Å². The fourth-order valence-corrected chi connectivity index (χ4v) is 2.00. The third-order valence-corrected chi connectivity index (χ3v) is 3.24. The Kier molecular flexibility index (Phi) is 5.58. The molecule has 0 bridgehead atoms. The van der Waals surface area contributed by atoms with Crippen molar-refractivity contribution in [2.75, 3.05) is 11.9 Å². The first-order valence-corrected chi connectivity index (χ1v) is 7.13. The molecule has 1 heterocycles. The number of hydrogen-bond donors (Lipinski definition) is 1. The molecule has 5 heteroatoms. The van der Waals surface area contributed by atoms with Crippen LogP contribution in [0.2, 0.25) is 5.02 Å². The number of ether oxygens (including phenoxy) is 1. The Bertz CT molecular complexity index is 617. The lowest BCUT2D eigenvalue weighted by Gasteiger charge is -2.09. The second-order valence-corrected chi connectivity index (χ2v) is 4.97. The number of benzene rings is 1. The van der Waals surface area contributed by atoms with Gasteiger partial charge in [-0.3, -0.25) is 9.78 Å². The lowest BCUT2D eigenvalue weighted by Crippen LogP contribution is -2.13. The highest BCUT2D eigenvalue weighted by molar-refractivity contribution is 6.32. The molecular formula is C16H17ClN2O2. The monoisotopic (exact) mass is 304 g/mol. The van der Waals surface area contributed by atoms with E-state index in [0.29, 0.717) is 30.2 Å². The number of aryl methyl sites for hydroxylation is 1. The van der Waals surface area contributed by atoms with Crippen molar-refractivity contribution in [1.29, 1.82) is 0 Å². The van der Waals surface area contributed by atoms with E-state index < -0.39 is 0 Å². The van der Waals surface area contributed by atoms with E-state index in [9.17, 15) is 4.79 Å². The second-order valence-electron chi connectivity index (χ2n) is 4.57. The molecule has 1 aromatic heterocycles. The Labute approximate surface area is 129 Å².